The van der Waals surface area contributed by atoms with Crippen LogP contribution in [0.15, 0.2) is 42.7 Å². The van der Waals surface area contributed by atoms with Gasteiger partial charge in [-0.3, -0.25) is 9.59 Å². The maximum atomic E-state index is 15.9. The van der Waals surface area contributed by atoms with Gasteiger partial charge >= 0.3 is 12.2 Å². The summed E-state index contributed by atoms with van der Waals surface area (Å²) in [6, 6.07) is 6.52. The normalized spacial score (nSPS) is 18.8. The van der Waals surface area contributed by atoms with Gasteiger partial charge in [-0.25, -0.2) is 23.9 Å². The maximum Gasteiger partial charge on any atom is 0.407 e. The predicted molar refractivity (Wildman–Crippen MR) is 208 cm³/mol. The van der Waals surface area contributed by atoms with Crippen molar-refractivity contribution in [1.82, 2.24) is 40.4 Å². The van der Waals surface area contributed by atoms with Gasteiger partial charge in [-0.2, -0.15) is 0 Å². The monoisotopic (exact) mass is 800 g/mol. The molecule has 16 nitrogen and oxygen atoms in total. The third-order valence-electron chi connectivity index (χ3n) is 11.3. The van der Waals surface area contributed by atoms with Crippen LogP contribution < -0.4 is 15.4 Å². The minimum atomic E-state index is -0.927. The molecular formula is C41H49FN8O8. The average Bonchev–Trinajstić information content (AvgIpc) is 4.06. The van der Waals surface area contributed by atoms with E-state index < -0.39 is 36.2 Å². The quantitative estimate of drug-likeness (QED) is 0.128. The zero-order chi connectivity index (χ0) is 41.2. The number of H-pyrrole nitrogens is 2. The van der Waals surface area contributed by atoms with Crippen LogP contribution in [-0.2, 0) is 30.2 Å². The summed E-state index contributed by atoms with van der Waals surface area (Å²) in [5.41, 5.74) is 3.83. The molecule has 0 spiro atoms. The number of ether oxygens (including phenoxy) is 4. The van der Waals surface area contributed by atoms with Gasteiger partial charge < -0.3 is 49.3 Å². The second-order valence-corrected chi connectivity index (χ2v) is 15.2. The van der Waals surface area contributed by atoms with Crippen molar-refractivity contribution in [3.8, 4) is 34.1 Å². The van der Waals surface area contributed by atoms with Crippen LogP contribution in [0.25, 0.3) is 22.6 Å². The number of alkyl carbamates (subject to hydrolysis) is 2. The van der Waals surface area contributed by atoms with Gasteiger partial charge in [-0.1, -0.05) is 13.8 Å². The molecule has 5 atom stereocenters. The Bertz CT molecular complexity index is 2190. The number of amides is 4. The highest BCUT2D eigenvalue weighted by molar-refractivity contribution is 5.87. The van der Waals surface area contributed by atoms with Gasteiger partial charge in [-0.05, 0) is 68.9 Å². The highest BCUT2D eigenvalue weighted by Crippen LogP contribution is 2.42. The van der Waals surface area contributed by atoms with E-state index in [2.05, 4.69) is 30.6 Å². The van der Waals surface area contributed by atoms with Crippen LogP contribution in [-0.4, -0.2) is 106 Å². The molecule has 308 valence electrons. The topological polar surface area (TPSA) is 193 Å². The number of imidazole rings is 2. The number of rotatable bonds is 11. The molecule has 4 N–H and O–H groups in total. The van der Waals surface area contributed by atoms with Gasteiger partial charge in [0.15, 0.2) is 0 Å². The van der Waals surface area contributed by atoms with E-state index in [1.807, 2.05) is 32.0 Å². The van der Waals surface area contributed by atoms with Crippen molar-refractivity contribution in [3.05, 3.63) is 71.2 Å². The summed E-state index contributed by atoms with van der Waals surface area (Å²) in [6.07, 6.45) is 4.66. The number of halogens is 1. The summed E-state index contributed by atoms with van der Waals surface area (Å²) < 4.78 is 37.1. The van der Waals surface area contributed by atoms with E-state index in [0.29, 0.717) is 60.3 Å². The second kappa shape index (κ2) is 16.9. The molecule has 2 fully saturated rings. The van der Waals surface area contributed by atoms with Crippen LogP contribution in [0.1, 0.15) is 81.2 Å². The lowest BCUT2D eigenvalue weighted by Crippen LogP contribution is -2.54. The first-order chi connectivity index (χ1) is 27.9. The highest BCUT2D eigenvalue weighted by Gasteiger charge is 2.39. The van der Waals surface area contributed by atoms with E-state index >= 15 is 4.39 Å². The third-order valence-corrected chi connectivity index (χ3v) is 11.3. The van der Waals surface area contributed by atoms with E-state index in [1.165, 1.54) is 27.4 Å². The summed E-state index contributed by atoms with van der Waals surface area (Å²) >= 11 is 0. The number of hydrogen-bond acceptors (Lipinski definition) is 10. The molecule has 0 unspecified atom stereocenters. The number of benzene rings is 2. The summed E-state index contributed by atoms with van der Waals surface area (Å²) in [5, 5.41) is 5.26. The average molecular weight is 801 g/mol. The molecular weight excluding hydrogens is 751 g/mol. The molecule has 0 bridgehead atoms. The van der Waals surface area contributed by atoms with Crippen LogP contribution in [0.5, 0.6) is 11.5 Å². The van der Waals surface area contributed by atoms with E-state index in [0.717, 1.165) is 36.1 Å². The minimum Gasteiger partial charge on any atom is -0.457 e. The number of aromatic amines is 2. The van der Waals surface area contributed by atoms with Crippen molar-refractivity contribution in [2.24, 2.45) is 5.92 Å². The van der Waals surface area contributed by atoms with Gasteiger partial charge in [0, 0.05) is 48.9 Å². The van der Waals surface area contributed by atoms with Crippen LogP contribution in [0.4, 0.5) is 14.0 Å². The molecule has 4 amide bonds. The summed E-state index contributed by atoms with van der Waals surface area (Å²) in [4.78, 5) is 70.6. The van der Waals surface area contributed by atoms with Crippen LogP contribution >= 0.6 is 0 Å². The summed E-state index contributed by atoms with van der Waals surface area (Å²) in [5.74, 6) is 1.17. The third kappa shape index (κ3) is 7.95. The van der Waals surface area contributed by atoms with E-state index in [4.69, 9.17) is 18.9 Å². The first kappa shape index (κ1) is 40.2. The number of nitrogens with zero attached hydrogens (tertiary/aromatic N) is 4. The lowest BCUT2D eigenvalue weighted by Gasteiger charge is -2.30. The van der Waals surface area contributed by atoms with Crippen molar-refractivity contribution in [3.63, 3.8) is 0 Å². The first-order valence-electron chi connectivity index (χ1n) is 19.5. The Hall–Kier alpha value is -5.97. The van der Waals surface area contributed by atoms with E-state index in [-0.39, 0.29) is 35.4 Å². The Kier molecular flexibility index (Phi) is 11.7. The lowest BCUT2D eigenvalue weighted by atomic mass is 9.96. The number of likely N-dealkylation sites (tertiary alicyclic amines) is 2. The molecule has 2 aromatic heterocycles. The van der Waals surface area contributed by atoms with Crippen LogP contribution in [0.2, 0.25) is 0 Å². The molecule has 3 aliphatic heterocycles. The molecule has 0 saturated carbocycles. The summed E-state index contributed by atoms with van der Waals surface area (Å²) in [7, 11) is 3.98. The Morgan fingerprint density at radius 2 is 1.48 bits per heavy atom. The fraction of sp³-hybridized carbons (Fsp3) is 0.463. The largest absolute Gasteiger partial charge is 0.457 e. The molecule has 2 saturated heterocycles. The number of aromatic nitrogens is 4. The van der Waals surface area contributed by atoms with Gasteiger partial charge in [0.25, 0.3) is 0 Å². The molecule has 58 heavy (non-hydrogen) atoms. The summed E-state index contributed by atoms with van der Waals surface area (Å²) in [6.45, 7) is 6.44. The Balaban J connectivity index is 1.05. The molecule has 0 aliphatic carbocycles. The van der Waals surface area contributed by atoms with Crippen molar-refractivity contribution in [2.75, 3.05) is 34.4 Å². The zero-order valence-electron chi connectivity index (χ0n) is 33.4. The number of methoxy groups -OCH3 is 3. The number of carbonyl (C=O) groups is 4. The van der Waals surface area contributed by atoms with Gasteiger partial charge in [0.05, 0.1) is 56.2 Å². The first-order valence-corrected chi connectivity index (χ1v) is 19.5. The molecule has 3 aliphatic rings. The Labute approximate surface area is 335 Å². The lowest BCUT2D eigenvalue weighted by molar-refractivity contribution is -0.137. The second-order valence-electron chi connectivity index (χ2n) is 15.2. The van der Waals surface area contributed by atoms with Crippen molar-refractivity contribution in [2.45, 2.75) is 83.1 Å². The fourth-order valence-corrected chi connectivity index (χ4v) is 8.04. The molecule has 2 aromatic carbocycles. The van der Waals surface area contributed by atoms with Gasteiger partial charge in [0.1, 0.15) is 41.0 Å². The minimum absolute atomic E-state index is 0.171. The molecule has 17 heteroatoms. The molecule has 0 radical (unpaired) electrons. The van der Waals surface area contributed by atoms with Crippen molar-refractivity contribution >= 4 is 24.0 Å². The Morgan fingerprint density at radius 1 is 0.828 bits per heavy atom. The smallest absolute Gasteiger partial charge is 0.407 e. The molecule has 5 heterocycles. The van der Waals surface area contributed by atoms with Crippen LogP contribution in [0.3, 0.4) is 0 Å². The van der Waals surface area contributed by atoms with E-state index in [9.17, 15) is 19.2 Å². The molecule has 4 aromatic rings. The number of hydrogen-bond donors (Lipinski definition) is 4. The van der Waals surface area contributed by atoms with Crippen molar-refractivity contribution in [1.29, 1.82) is 0 Å². The van der Waals surface area contributed by atoms with Gasteiger partial charge in [0.2, 0.25) is 11.8 Å². The molecule has 7 rings (SSSR count). The van der Waals surface area contributed by atoms with Crippen LogP contribution in [0, 0.1) is 11.7 Å². The number of nitrogens with one attached hydrogen (secondary N) is 4. The number of fused-ring (bicyclic) bond motifs is 2. The predicted octanol–water partition coefficient (Wildman–Crippen LogP) is 5.77. The number of carbonyl (C=O) groups excluding carboxylic acids is 4. The van der Waals surface area contributed by atoms with Crippen molar-refractivity contribution < 1.29 is 42.5 Å². The van der Waals surface area contributed by atoms with E-state index in [1.54, 1.807) is 35.2 Å². The maximum absolute atomic E-state index is 15.9. The highest BCUT2D eigenvalue weighted by atomic mass is 19.1. The fourth-order valence-electron chi connectivity index (χ4n) is 8.04. The Morgan fingerprint density at radius 3 is 2.17 bits per heavy atom. The van der Waals surface area contributed by atoms with Gasteiger partial charge in [-0.15, -0.1) is 0 Å². The SMILES string of the molecule is COC(=O)N[C@H](C(=O)N1CCC[C@H]1c1ncc(-c2cc3c(cc2F)Cc2cc(-c4ncc([C@@H]5CCCN5C(=O)[C@@H](NC(=O)OC)[C@@H](C)OC)[nH]4)ccc2O3)[nH]1)C(C)C. The zero-order valence-corrected chi connectivity index (χ0v) is 33.4. The standard InChI is InChI=1S/C41H49FN8O8/c1-21(2)34(47-40(53)56-5)38(51)50-14-8-10-31(50)37-44-19-28(45-37)26-18-33-25(17-27(26)42)16-24-15-23(11-12-32(24)58-33)36-43-20-29(46-36)30-9-7-13-49(30)39(52)35(22(3)55-4)48-41(54)57-6/h11-12,15,17-22,30-31,34-35H,7-10,13-14,16H2,1-6H3,(H,43,46)(H,44,45)(H,47,53)(H,48,54)/t22-,30+,31+,34+,35+/m1/s1.